The topological polar surface area (TPSA) is 68.2 Å². The second-order valence-electron chi connectivity index (χ2n) is 7.38. The van der Waals surface area contributed by atoms with E-state index in [0.29, 0.717) is 29.1 Å². The molecule has 0 fully saturated rings. The van der Waals surface area contributed by atoms with Crippen LogP contribution in [0.15, 0.2) is 53.7 Å². The van der Waals surface area contributed by atoms with Crippen molar-refractivity contribution >= 4 is 23.4 Å². The Morgan fingerprint density at radius 3 is 2.53 bits per heavy atom. The van der Waals surface area contributed by atoms with Crippen LogP contribution in [0.4, 0.5) is 5.69 Å². The molecule has 0 N–H and O–H groups in total. The summed E-state index contributed by atoms with van der Waals surface area (Å²) in [6, 6.07) is 15.9. The van der Waals surface area contributed by atoms with Gasteiger partial charge < -0.3 is 4.74 Å². The molecule has 0 radical (unpaired) electrons. The predicted molar refractivity (Wildman–Crippen MR) is 119 cm³/mol. The average Bonchev–Trinajstić information content (AvgIpc) is 2.92. The summed E-state index contributed by atoms with van der Waals surface area (Å²) in [5, 5.41) is 9.09. The third-order valence-corrected chi connectivity index (χ3v) is 5.69. The second-order valence-corrected chi connectivity index (χ2v) is 8.15. The minimum absolute atomic E-state index is 0.0359. The van der Waals surface area contributed by atoms with Gasteiger partial charge in [-0.1, -0.05) is 75.0 Å². The number of anilines is 1. The van der Waals surface area contributed by atoms with Gasteiger partial charge in [0.2, 0.25) is 23.2 Å². The number of rotatable bonds is 4. The zero-order valence-electron chi connectivity index (χ0n) is 17.5. The van der Waals surface area contributed by atoms with Crippen molar-refractivity contribution in [2.45, 2.75) is 44.5 Å². The fourth-order valence-corrected chi connectivity index (χ4v) is 3.80. The summed E-state index contributed by atoms with van der Waals surface area (Å²) < 4.78 is 6.38. The zero-order chi connectivity index (χ0) is 21.3. The Morgan fingerprint density at radius 1 is 1.13 bits per heavy atom. The van der Waals surface area contributed by atoms with Gasteiger partial charge in [0.05, 0.1) is 5.69 Å². The number of hydrogen-bond donors (Lipinski definition) is 0. The van der Waals surface area contributed by atoms with Gasteiger partial charge >= 0.3 is 0 Å². The minimum Gasteiger partial charge on any atom is -0.447 e. The van der Waals surface area contributed by atoms with Crippen LogP contribution in [-0.2, 0) is 4.79 Å². The molecule has 0 spiro atoms. The average molecular weight is 421 g/mol. The van der Waals surface area contributed by atoms with Crippen molar-refractivity contribution in [1.29, 1.82) is 0 Å². The lowest BCUT2D eigenvalue weighted by Gasteiger charge is -2.30. The van der Waals surface area contributed by atoms with E-state index in [0.717, 1.165) is 16.8 Å². The molecule has 0 aliphatic carbocycles. The van der Waals surface area contributed by atoms with Crippen molar-refractivity contribution in [3.05, 3.63) is 59.7 Å². The van der Waals surface area contributed by atoms with Gasteiger partial charge in [0.15, 0.2) is 5.69 Å². The summed E-state index contributed by atoms with van der Waals surface area (Å²) in [4.78, 5) is 19.4. The maximum absolute atomic E-state index is 13.1. The summed E-state index contributed by atoms with van der Waals surface area (Å²) in [5.41, 5.74) is 4.18. The maximum Gasteiger partial charge on any atom is 0.247 e. The molecule has 1 amide bonds. The smallest absolute Gasteiger partial charge is 0.247 e. The summed E-state index contributed by atoms with van der Waals surface area (Å²) >= 11 is 1.40. The van der Waals surface area contributed by atoms with E-state index in [-0.39, 0.29) is 5.91 Å². The number of amides is 1. The van der Waals surface area contributed by atoms with Gasteiger partial charge in [-0.2, -0.15) is 4.98 Å². The van der Waals surface area contributed by atoms with E-state index < -0.39 is 6.23 Å². The first kappa shape index (κ1) is 20.3. The lowest BCUT2D eigenvalue weighted by molar-refractivity contribution is -0.120. The molecule has 2 aromatic carbocycles. The molecule has 0 saturated carbocycles. The number of para-hydroxylation sites is 1. The van der Waals surface area contributed by atoms with Crippen LogP contribution in [-0.4, -0.2) is 27.3 Å². The van der Waals surface area contributed by atoms with Gasteiger partial charge in [-0.15, -0.1) is 10.2 Å². The van der Waals surface area contributed by atoms with Crippen molar-refractivity contribution in [3.8, 4) is 17.1 Å². The Balaban J connectivity index is 1.92. The molecule has 6 nitrogen and oxygen atoms in total. The third kappa shape index (κ3) is 3.65. The number of benzene rings is 2. The van der Waals surface area contributed by atoms with Crippen LogP contribution in [0.2, 0.25) is 0 Å². The number of thioether (sulfide) groups is 1. The molecule has 1 aromatic heterocycles. The first-order valence-corrected chi connectivity index (χ1v) is 11.2. The molecular weight excluding hydrogens is 396 g/mol. The largest absolute Gasteiger partial charge is 0.447 e. The van der Waals surface area contributed by atoms with Crippen LogP contribution in [0.1, 0.15) is 50.5 Å². The van der Waals surface area contributed by atoms with Crippen LogP contribution < -0.4 is 9.64 Å². The molecule has 2 heterocycles. The first-order chi connectivity index (χ1) is 14.5. The van der Waals surface area contributed by atoms with E-state index in [4.69, 9.17) is 4.74 Å². The van der Waals surface area contributed by atoms with Crippen LogP contribution >= 0.6 is 11.8 Å². The number of hydrogen-bond acceptors (Lipinski definition) is 6. The van der Waals surface area contributed by atoms with Gasteiger partial charge in [0.25, 0.3) is 0 Å². The van der Waals surface area contributed by atoms with Crippen LogP contribution in [0.5, 0.6) is 5.88 Å². The van der Waals surface area contributed by atoms with Gasteiger partial charge in [-0.05, 0) is 23.8 Å². The van der Waals surface area contributed by atoms with Gasteiger partial charge in [-0.3, -0.25) is 9.69 Å². The van der Waals surface area contributed by atoms with Gasteiger partial charge in [0.1, 0.15) is 0 Å². The molecule has 30 heavy (non-hydrogen) atoms. The number of carbonyl (C=O) groups is 1. The molecule has 1 aliphatic heterocycles. The fourth-order valence-electron chi connectivity index (χ4n) is 3.50. The number of ether oxygens (including phenoxy) is 1. The lowest BCUT2D eigenvalue weighted by Crippen LogP contribution is -2.37. The molecule has 0 unspecified atom stereocenters. The first-order valence-electron chi connectivity index (χ1n) is 10.00. The van der Waals surface area contributed by atoms with Crippen molar-refractivity contribution in [3.63, 3.8) is 0 Å². The Morgan fingerprint density at radius 2 is 1.87 bits per heavy atom. The minimum atomic E-state index is -0.646. The molecule has 1 aliphatic rings. The summed E-state index contributed by atoms with van der Waals surface area (Å²) in [6.45, 7) is 6.16. The molecule has 154 valence electrons. The number of aromatic nitrogens is 3. The zero-order valence-corrected chi connectivity index (χ0v) is 18.3. The SMILES string of the molecule is CCC(=O)N1c2ccccc2-c2nnc(SC)nc2O[C@@H]1c1ccc(C(C)C)cc1. The van der Waals surface area contributed by atoms with Crippen molar-refractivity contribution in [1.82, 2.24) is 15.2 Å². The van der Waals surface area contributed by atoms with Crippen LogP contribution in [0, 0.1) is 0 Å². The van der Waals surface area contributed by atoms with Crippen molar-refractivity contribution in [2.75, 3.05) is 11.2 Å². The molecule has 7 heteroatoms. The van der Waals surface area contributed by atoms with E-state index in [1.165, 1.54) is 17.3 Å². The highest BCUT2D eigenvalue weighted by molar-refractivity contribution is 7.98. The second kappa shape index (κ2) is 8.44. The van der Waals surface area contributed by atoms with E-state index in [1.807, 2.05) is 49.6 Å². The number of carbonyl (C=O) groups excluding carboxylic acids is 1. The molecule has 0 bridgehead atoms. The number of fused-ring (bicyclic) bond motifs is 3. The monoisotopic (exact) mass is 420 g/mol. The van der Waals surface area contributed by atoms with Crippen molar-refractivity contribution < 1.29 is 9.53 Å². The van der Waals surface area contributed by atoms with Gasteiger partial charge in [0, 0.05) is 17.5 Å². The maximum atomic E-state index is 13.1. The molecular formula is C23H24N4O2S. The molecule has 1 atom stereocenters. The van der Waals surface area contributed by atoms with Crippen LogP contribution in [0.25, 0.3) is 11.3 Å². The Bertz CT molecular complexity index is 1070. The van der Waals surface area contributed by atoms with E-state index >= 15 is 0 Å². The Kier molecular flexibility index (Phi) is 5.72. The van der Waals surface area contributed by atoms with Gasteiger partial charge in [-0.25, -0.2) is 0 Å². The highest BCUT2D eigenvalue weighted by Gasteiger charge is 2.35. The van der Waals surface area contributed by atoms with E-state index in [9.17, 15) is 4.79 Å². The normalized spacial score (nSPS) is 15.2. The third-order valence-electron chi connectivity index (χ3n) is 5.15. The quantitative estimate of drug-likeness (QED) is 0.539. The summed E-state index contributed by atoms with van der Waals surface area (Å²) in [6.07, 6.45) is 1.60. The molecule has 3 aromatic rings. The van der Waals surface area contributed by atoms with Crippen LogP contribution in [0.3, 0.4) is 0 Å². The summed E-state index contributed by atoms with van der Waals surface area (Å²) in [7, 11) is 0. The predicted octanol–water partition coefficient (Wildman–Crippen LogP) is 5.22. The fraction of sp³-hybridized carbons (Fsp3) is 0.304. The van der Waals surface area contributed by atoms with Crippen molar-refractivity contribution in [2.24, 2.45) is 0 Å². The summed E-state index contributed by atoms with van der Waals surface area (Å²) in [5.74, 6) is 0.766. The highest BCUT2D eigenvalue weighted by Crippen LogP contribution is 2.43. The molecule has 0 saturated heterocycles. The Hall–Kier alpha value is -2.93. The number of nitrogens with zero attached hydrogens (tertiary/aromatic N) is 4. The highest BCUT2D eigenvalue weighted by atomic mass is 32.2. The van der Waals surface area contributed by atoms with E-state index in [2.05, 4.69) is 41.2 Å². The van der Waals surface area contributed by atoms with E-state index in [1.54, 1.807) is 4.90 Å². The lowest BCUT2D eigenvalue weighted by atomic mass is 10.0. The Labute approximate surface area is 180 Å². The standard InChI is InChI=1S/C23H24N4O2S/c1-5-19(28)27-18-9-7-6-8-17(18)20-21(24-23(30-4)26-25-20)29-22(27)16-12-10-15(11-13-16)14(2)3/h6-14,22H,5H2,1-4H3/t22-/m1/s1. The molecule has 4 rings (SSSR count).